The van der Waals surface area contributed by atoms with Crippen LogP contribution in [0.3, 0.4) is 0 Å². The number of rotatable bonds is 9. The number of hydrogen-bond donors (Lipinski definition) is 1. The molecule has 1 N–H and O–H groups in total. The fourth-order valence-electron chi connectivity index (χ4n) is 1.69. The van der Waals surface area contributed by atoms with Gasteiger partial charge in [-0.25, -0.2) is 0 Å². The lowest BCUT2D eigenvalue weighted by atomic mass is 10.1. The first-order valence-corrected chi connectivity index (χ1v) is 6.97. The molecule has 0 spiro atoms. The molecule has 19 heavy (non-hydrogen) atoms. The van der Waals surface area contributed by atoms with E-state index in [-0.39, 0.29) is 5.54 Å². The van der Waals surface area contributed by atoms with Crippen LogP contribution >= 0.6 is 0 Å². The maximum Gasteiger partial charge on any atom is 0.0700 e. The molecule has 110 valence electrons. The Labute approximate surface area is 117 Å². The summed E-state index contributed by atoms with van der Waals surface area (Å²) in [5.41, 5.74) is 1.49. The predicted molar refractivity (Wildman–Crippen MR) is 78.3 cm³/mol. The molecule has 0 amide bonds. The lowest BCUT2D eigenvalue weighted by molar-refractivity contribution is 0.0680. The summed E-state index contributed by atoms with van der Waals surface area (Å²) in [5.74, 6) is 0. The number of ether oxygens (including phenoxy) is 2. The Morgan fingerprint density at radius 1 is 1.21 bits per heavy atom. The number of aryl methyl sites for hydroxylation is 1. The van der Waals surface area contributed by atoms with Crippen molar-refractivity contribution >= 4 is 0 Å². The monoisotopic (exact) mass is 268 g/mol. The summed E-state index contributed by atoms with van der Waals surface area (Å²) < 4.78 is 12.6. The van der Waals surface area contributed by atoms with E-state index in [0.29, 0.717) is 13.2 Å². The average molecular weight is 268 g/mol. The molecular formula is C15H28N2O2. The summed E-state index contributed by atoms with van der Waals surface area (Å²) in [5, 5.41) is 3.49. The summed E-state index contributed by atoms with van der Waals surface area (Å²) >= 11 is 0. The van der Waals surface area contributed by atoms with Gasteiger partial charge in [0.05, 0.1) is 13.2 Å². The molecule has 0 bridgehead atoms. The molecule has 0 aliphatic heterocycles. The Bertz CT molecular complexity index is 342. The third-order valence-corrected chi connectivity index (χ3v) is 2.77. The van der Waals surface area contributed by atoms with Crippen molar-refractivity contribution in [3.05, 3.63) is 24.0 Å². The van der Waals surface area contributed by atoms with Gasteiger partial charge < -0.3 is 19.4 Å². The van der Waals surface area contributed by atoms with E-state index < -0.39 is 0 Å². The van der Waals surface area contributed by atoms with E-state index in [2.05, 4.69) is 49.1 Å². The van der Waals surface area contributed by atoms with Crippen molar-refractivity contribution in [1.82, 2.24) is 9.88 Å². The van der Waals surface area contributed by atoms with Crippen molar-refractivity contribution in [1.29, 1.82) is 0 Å². The maximum atomic E-state index is 5.44. The zero-order valence-corrected chi connectivity index (χ0v) is 12.7. The van der Waals surface area contributed by atoms with Crippen molar-refractivity contribution in [3.8, 4) is 0 Å². The Morgan fingerprint density at radius 3 is 2.68 bits per heavy atom. The molecule has 0 saturated carbocycles. The van der Waals surface area contributed by atoms with Gasteiger partial charge in [-0.2, -0.15) is 0 Å². The zero-order valence-electron chi connectivity index (χ0n) is 12.7. The molecule has 1 aromatic heterocycles. The van der Waals surface area contributed by atoms with Crippen LogP contribution in [-0.2, 0) is 22.6 Å². The molecule has 4 heteroatoms. The first-order chi connectivity index (χ1) is 9.01. The molecule has 0 atom stereocenters. The van der Waals surface area contributed by atoms with Crippen molar-refractivity contribution in [2.24, 2.45) is 0 Å². The SMILES string of the molecule is COCCOCCCn1ccc(CNC(C)(C)C)c1. The smallest absolute Gasteiger partial charge is 0.0700 e. The van der Waals surface area contributed by atoms with Crippen LogP contribution in [0.5, 0.6) is 0 Å². The van der Waals surface area contributed by atoms with Gasteiger partial charge in [0.25, 0.3) is 0 Å². The van der Waals surface area contributed by atoms with Gasteiger partial charge in [0, 0.05) is 44.7 Å². The Kier molecular flexibility index (Phi) is 7.13. The van der Waals surface area contributed by atoms with Crippen LogP contribution in [0.4, 0.5) is 0 Å². The van der Waals surface area contributed by atoms with Gasteiger partial charge in [-0.3, -0.25) is 0 Å². The normalized spacial score (nSPS) is 12.0. The number of hydrogen-bond acceptors (Lipinski definition) is 3. The van der Waals surface area contributed by atoms with E-state index in [0.717, 1.165) is 26.1 Å². The van der Waals surface area contributed by atoms with Crippen LogP contribution in [0.1, 0.15) is 32.8 Å². The second kappa shape index (κ2) is 8.35. The molecule has 0 aliphatic carbocycles. The molecule has 1 aromatic rings. The van der Waals surface area contributed by atoms with Crippen molar-refractivity contribution in [2.75, 3.05) is 26.9 Å². The van der Waals surface area contributed by atoms with Crippen LogP contribution < -0.4 is 5.32 Å². The molecule has 0 unspecified atom stereocenters. The molecule has 0 aliphatic rings. The summed E-state index contributed by atoms with van der Waals surface area (Å²) in [6.07, 6.45) is 5.37. The minimum Gasteiger partial charge on any atom is -0.382 e. The average Bonchev–Trinajstić information content (AvgIpc) is 2.78. The van der Waals surface area contributed by atoms with Crippen LogP contribution in [-0.4, -0.2) is 37.0 Å². The van der Waals surface area contributed by atoms with E-state index in [4.69, 9.17) is 9.47 Å². The highest BCUT2D eigenvalue weighted by Crippen LogP contribution is 2.06. The second-order valence-electron chi connectivity index (χ2n) is 5.82. The summed E-state index contributed by atoms with van der Waals surface area (Å²) in [4.78, 5) is 0. The molecule has 0 saturated heterocycles. The van der Waals surface area contributed by atoms with Crippen molar-refractivity contribution in [2.45, 2.75) is 45.8 Å². The van der Waals surface area contributed by atoms with Gasteiger partial charge in [0.2, 0.25) is 0 Å². The van der Waals surface area contributed by atoms with E-state index in [1.807, 2.05) is 0 Å². The molecule has 0 radical (unpaired) electrons. The fraction of sp³-hybridized carbons (Fsp3) is 0.733. The van der Waals surface area contributed by atoms with Crippen molar-refractivity contribution in [3.63, 3.8) is 0 Å². The predicted octanol–water partition coefficient (Wildman–Crippen LogP) is 2.43. The van der Waals surface area contributed by atoms with E-state index in [1.54, 1.807) is 7.11 Å². The quantitative estimate of drug-likeness (QED) is 0.699. The first kappa shape index (κ1) is 16.2. The minimum absolute atomic E-state index is 0.164. The lowest BCUT2D eigenvalue weighted by Crippen LogP contribution is -2.34. The molecule has 4 nitrogen and oxygen atoms in total. The fourth-order valence-corrected chi connectivity index (χ4v) is 1.69. The number of nitrogens with zero attached hydrogens (tertiary/aromatic N) is 1. The Morgan fingerprint density at radius 2 is 2.00 bits per heavy atom. The van der Waals surface area contributed by atoms with E-state index >= 15 is 0 Å². The third kappa shape index (κ3) is 8.03. The highest BCUT2D eigenvalue weighted by Gasteiger charge is 2.08. The number of aromatic nitrogens is 1. The molecule has 0 fully saturated rings. The van der Waals surface area contributed by atoms with Crippen LogP contribution in [0, 0.1) is 0 Å². The molecule has 0 aromatic carbocycles. The third-order valence-electron chi connectivity index (χ3n) is 2.77. The van der Waals surface area contributed by atoms with Gasteiger partial charge >= 0.3 is 0 Å². The standard InChI is InChI=1S/C15H28N2O2/c1-15(2,3)16-12-14-6-8-17(13-14)7-5-9-19-11-10-18-4/h6,8,13,16H,5,7,9-12H2,1-4H3. The van der Waals surface area contributed by atoms with Gasteiger partial charge in [-0.05, 0) is 38.8 Å². The maximum absolute atomic E-state index is 5.44. The highest BCUT2D eigenvalue weighted by molar-refractivity contribution is 5.10. The summed E-state index contributed by atoms with van der Waals surface area (Å²) in [6.45, 7) is 10.6. The van der Waals surface area contributed by atoms with Gasteiger partial charge in [-0.1, -0.05) is 0 Å². The largest absolute Gasteiger partial charge is 0.382 e. The van der Waals surface area contributed by atoms with Crippen LogP contribution in [0.2, 0.25) is 0 Å². The zero-order chi connectivity index (χ0) is 14.1. The van der Waals surface area contributed by atoms with E-state index in [9.17, 15) is 0 Å². The van der Waals surface area contributed by atoms with Crippen molar-refractivity contribution < 1.29 is 9.47 Å². The van der Waals surface area contributed by atoms with Gasteiger partial charge in [-0.15, -0.1) is 0 Å². The van der Waals surface area contributed by atoms with E-state index in [1.165, 1.54) is 5.56 Å². The van der Waals surface area contributed by atoms with Crippen LogP contribution in [0.25, 0.3) is 0 Å². The lowest BCUT2D eigenvalue weighted by Gasteiger charge is -2.19. The second-order valence-corrected chi connectivity index (χ2v) is 5.82. The Balaban J connectivity index is 2.16. The molecular weight excluding hydrogens is 240 g/mol. The Hall–Kier alpha value is -0.840. The van der Waals surface area contributed by atoms with Gasteiger partial charge in [0.15, 0.2) is 0 Å². The number of nitrogens with one attached hydrogen (secondary N) is 1. The summed E-state index contributed by atoms with van der Waals surface area (Å²) in [7, 11) is 1.69. The van der Waals surface area contributed by atoms with Gasteiger partial charge in [0.1, 0.15) is 0 Å². The molecule has 1 heterocycles. The number of methoxy groups -OCH3 is 1. The summed E-state index contributed by atoms with van der Waals surface area (Å²) in [6, 6.07) is 2.17. The first-order valence-electron chi connectivity index (χ1n) is 6.97. The van der Waals surface area contributed by atoms with Crippen LogP contribution in [0.15, 0.2) is 18.5 Å². The minimum atomic E-state index is 0.164. The molecule has 1 rings (SSSR count). The topological polar surface area (TPSA) is 35.4 Å². The highest BCUT2D eigenvalue weighted by atomic mass is 16.5.